The highest BCUT2D eigenvalue weighted by Gasteiger charge is 2.18. The van der Waals surface area contributed by atoms with E-state index >= 15 is 0 Å². The average molecular weight is 231 g/mol. The average Bonchev–Trinajstić information content (AvgIpc) is 2.61. The smallest absolute Gasteiger partial charge is 0.137 e. The largest absolute Gasteiger partial charge is 0.459 e. The van der Waals surface area contributed by atoms with Gasteiger partial charge in [-0.3, -0.25) is 0 Å². The summed E-state index contributed by atoms with van der Waals surface area (Å²) in [4.78, 5) is 0. The summed E-state index contributed by atoms with van der Waals surface area (Å²) < 4.78 is 6.01. The highest BCUT2D eigenvalue weighted by molar-refractivity contribution is 5.82. The summed E-state index contributed by atoms with van der Waals surface area (Å²) in [7, 11) is 1.98. The highest BCUT2D eigenvalue weighted by atomic mass is 16.3. The molecular weight excluding hydrogens is 210 g/mol. The van der Waals surface area contributed by atoms with Crippen molar-refractivity contribution in [2.24, 2.45) is 5.92 Å². The minimum absolute atomic E-state index is 0.280. The number of nitrogens with one attached hydrogen (secondary N) is 1. The van der Waals surface area contributed by atoms with Gasteiger partial charge < -0.3 is 9.73 Å². The first-order chi connectivity index (χ1) is 8.02. The van der Waals surface area contributed by atoms with Crippen molar-refractivity contribution in [3.63, 3.8) is 0 Å². The molecule has 1 unspecified atom stereocenters. The Kier molecular flexibility index (Phi) is 3.25. The maximum Gasteiger partial charge on any atom is 0.137 e. The Hall–Kier alpha value is -1.28. The number of rotatable bonds is 3. The Labute approximate surface area is 103 Å². The summed E-state index contributed by atoms with van der Waals surface area (Å²) in [6, 6.07) is 6.79. The third kappa shape index (κ3) is 2.22. The van der Waals surface area contributed by atoms with E-state index in [2.05, 4.69) is 51.2 Å². The molecule has 2 nitrogen and oxygen atoms in total. The van der Waals surface area contributed by atoms with Gasteiger partial charge >= 0.3 is 0 Å². The molecule has 0 amide bonds. The lowest BCUT2D eigenvalue weighted by Crippen LogP contribution is -2.20. The van der Waals surface area contributed by atoms with E-state index in [-0.39, 0.29) is 6.04 Å². The molecule has 0 aliphatic rings. The lowest BCUT2D eigenvalue weighted by atomic mass is 10.0. The Morgan fingerprint density at radius 2 is 1.82 bits per heavy atom. The number of aryl methyl sites for hydroxylation is 2. The van der Waals surface area contributed by atoms with Crippen LogP contribution in [0.15, 0.2) is 22.6 Å². The lowest BCUT2D eigenvalue weighted by Gasteiger charge is -2.17. The fraction of sp³-hybridized carbons (Fsp3) is 0.467. The van der Waals surface area contributed by atoms with E-state index in [1.807, 2.05) is 7.05 Å². The zero-order valence-electron chi connectivity index (χ0n) is 11.3. The molecule has 0 spiro atoms. The summed E-state index contributed by atoms with van der Waals surface area (Å²) >= 11 is 0. The summed E-state index contributed by atoms with van der Waals surface area (Å²) in [5.41, 5.74) is 3.52. The molecule has 1 N–H and O–H groups in total. The lowest BCUT2D eigenvalue weighted by molar-refractivity contribution is 0.370. The Morgan fingerprint density at radius 3 is 2.41 bits per heavy atom. The molecule has 2 heteroatoms. The van der Waals surface area contributed by atoms with E-state index in [0.717, 1.165) is 11.3 Å². The van der Waals surface area contributed by atoms with Gasteiger partial charge in [0.25, 0.3) is 0 Å². The van der Waals surface area contributed by atoms with Crippen molar-refractivity contribution < 1.29 is 4.42 Å². The highest BCUT2D eigenvalue weighted by Crippen LogP contribution is 2.30. The molecule has 2 aromatic rings. The number of hydrogen-bond donors (Lipinski definition) is 1. The molecular formula is C15H21NO. The van der Waals surface area contributed by atoms with Crippen LogP contribution in [0.2, 0.25) is 0 Å². The second kappa shape index (κ2) is 4.53. The number of benzene rings is 1. The summed E-state index contributed by atoms with van der Waals surface area (Å²) in [5, 5.41) is 4.53. The normalized spacial score (nSPS) is 13.5. The van der Waals surface area contributed by atoms with Crippen LogP contribution in [0.4, 0.5) is 0 Å². The van der Waals surface area contributed by atoms with Gasteiger partial charge in [0.15, 0.2) is 0 Å². The molecule has 0 aliphatic carbocycles. The molecule has 0 radical (unpaired) electrons. The van der Waals surface area contributed by atoms with E-state index in [9.17, 15) is 0 Å². The quantitative estimate of drug-likeness (QED) is 0.864. The molecule has 17 heavy (non-hydrogen) atoms. The van der Waals surface area contributed by atoms with Crippen molar-refractivity contribution in [2.75, 3.05) is 7.05 Å². The summed E-state index contributed by atoms with van der Waals surface area (Å²) in [5.74, 6) is 1.55. The van der Waals surface area contributed by atoms with Crippen molar-refractivity contribution in [3.8, 4) is 0 Å². The fourth-order valence-electron chi connectivity index (χ4n) is 2.49. The molecule has 0 saturated heterocycles. The molecule has 1 heterocycles. The molecule has 92 valence electrons. The van der Waals surface area contributed by atoms with Gasteiger partial charge in [-0.2, -0.15) is 0 Å². The first-order valence-electron chi connectivity index (χ1n) is 6.21. The van der Waals surface area contributed by atoms with Crippen molar-refractivity contribution in [1.29, 1.82) is 0 Å². The minimum Gasteiger partial charge on any atom is -0.459 e. The van der Waals surface area contributed by atoms with E-state index in [4.69, 9.17) is 4.42 Å². The van der Waals surface area contributed by atoms with Gasteiger partial charge in [0.2, 0.25) is 0 Å². The molecule has 0 saturated carbocycles. The molecule has 1 aromatic heterocycles. The van der Waals surface area contributed by atoms with Gasteiger partial charge in [-0.1, -0.05) is 25.5 Å². The standard InChI is InChI=1S/C15H21NO/c1-9(2)14(16-5)13-8-12-7-10(3)6-11(4)15(12)17-13/h6-9,14,16H,1-5H3. The molecule has 0 fully saturated rings. The van der Waals surface area contributed by atoms with Crippen LogP contribution in [0, 0.1) is 19.8 Å². The molecule has 1 aromatic carbocycles. The fourth-order valence-corrected chi connectivity index (χ4v) is 2.49. The van der Waals surface area contributed by atoms with Crippen molar-refractivity contribution in [3.05, 3.63) is 35.1 Å². The van der Waals surface area contributed by atoms with Crippen LogP contribution in [0.1, 0.15) is 36.8 Å². The van der Waals surface area contributed by atoms with E-state index in [1.54, 1.807) is 0 Å². The maximum absolute atomic E-state index is 6.01. The van der Waals surface area contributed by atoms with Crippen LogP contribution >= 0.6 is 0 Å². The van der Waals surface area contributed by atoms with Crippen LogP contribution in [0.3, 0.4) is 0 Å². The Balaban J connectivity index is 2.54. The van der Waals surface area contributed by atoms with Gasteiger partial charge in [-0.05, 0) is 44.5 Å². The van der Waals surface area contributed by atoms with Crippen LogP contribution in [-0.2, 0) is 0 Å². The van der Waals surface area contributed by atoms with Crippen LogP contribution in [0.25, 0.3) is 11.0 Å². The monoisotopic (exact) mass is 231 g/mol. The first kappa shape index (κ1) is 12.2. The van der Waals surface area contributed by atoms with Crippen LogP contribution < -0.4 is 5.32 Å². The Bertz CT molecular complexity index is 525. The van der Waals surface area contributed by atoms with Crippen molar-refractivity contribution >= 4 is 11.0 Å². The van der Waals surface area contributed by atoms with Crippen molar-refractivity contribution in [1.82, 2.24) is 5.32 Å². The SMILES string of the molecule is CNC(c1cc2cc(C)cc(C)c2o1)C(C)C. The van der Waals surface area contributed by atoms with E-state index in [1.165, 1.54) is 16.5 Å². The maximum atomic E-state index is 6.01. The minimum atomic E-state index is 0.280. The van der Waals surface area contributed by atoms with E-state index < -0.39 is 0 Å². The molecule has 1 atom stereocenters. The van der Waals surface area contributed by atoms with Gasteiger partial charge in [-0.25, -0.2) is 0 Å². The van der Waals surface area contributed by atoms with Gasteiger partial charge in [0, 0.05) is 5.39 Å². The van der Waals surface area contributed by atoms with Crippen molar-refractivity contribution in [2.45, 2.75) is 33.7 Å². The topological polar surface area (TPSA) is 25.2 Å². The predicted molar refractivity (Wildman–Crippen MR) is 72.3 cm³/mol. The predicted octanol–water partition coefficient (Wildman–Crippen LogP) is 3.97. The van der Waals surface area contributed by atoms with E-state index in [0.29, 0.717) is 5.92 Å². The zero-order valence-corrected chi connectivity index (χ0v) is 11.3. The molecule has 0 bridgehead atoms. The summed E-state index contributed by atoms with van der Waals surface area (Å²) in [6.45, 7) is 8.63. The third-order valence-electron chi connectivity index (χ3n) is 3.25. The van der Waals surface area contributed by atoms with Gasteiger partial charge in [0.05, 0.1) is 6.04 Å². The summed E-state index contributed by atoms with van der Waals surface area (Å²) in [6.07, 6.45) is 0. The second-order valence-electron chi connectivity index (χ2n) is 5.16. The molecule has 2 rings (SSSR count). The van der Waals surface area contributed by atoms with Gasteiger partial charge in [-0.15, -0.1) is 0 Å². The second-order valence-corrected chi connectivity index (χ2v) is 5.16. The number of hydrogen-bond acceptors (Lipinski definition) is 2. The zero-order chi connectivity index (χ0) is 12.6. The number of furan rings is 1. The third-order valence-corrected chi connectivity index (χ3v) is 3.25. The van der Waals surface area contributed by atoms with Crippen LogP contribution in [-0.4, -0.2) is 7.05 Å². The van der Waals surface area contributed by atoms with Crippen LogP contribution in [0.5, 0.6) is 0 Å². The van der Waals surface area contributed by atoms with Gasteiger partial charge in [0.1, 0.15) is 11.3 Å². The Morgan fingerprint density at radius 1 is 1.12 bits per heavy atom. The first-order valence-corrected chi connectivity index (χ1v) is 6.21. The number of fused-ring (bicyclic) bond motifs is 1. The molecule has 0 aliphatic heterocycles.